The molecule has 0 radical (unpaired) electrons. The molecule has 1 fully saturated rings. The quantitative estimate of drug-likeness (QED) is 0.778. The molecule has 2 heterocycles. The number of rotatable bonds is 2. The van der Waals surface area contributed by atoms with E-state index >= 15 is 0 Å². The molecule has 0 spiro atoms. The Morgan fingerprint density at radius 1 is 1.38 bits per heavy atom. The number of hydrogen-bond acceptors (Lipinski definition) is 4. The van der Waals surface area contributed by atoms with Gasteiger partial charge in [-0.1, -0.05) is 0 Å². The lowest BCUT2D eigenvalue weighted by Crippen LogP contribution is -2.28. The topological polar surface area (TPSA) is 48.4 Å². The fraction of sp³-hybridized carbons (Fsp3) is 0.583. The standard InChI is InChI=1S/C12H19N3O/c1-10-3-4-12(16)11(14-10)9-15-7-2-5-13-6-8-15/h3-4,13,16H,2,5-9H2,1H3. The number of aromatic hydroxyl groups is 1. The van der Waals surface area contributed by atoms with Crippen LogP contribution in [0.2, 0.25) is 0 Å². The summed E-state index contributed by atoms with van der Waals surface area (Å²) in [4.78, 5) is 6.72. The minimum atomic E-state index is 0.308. The highest BCUT2D eigenvalue weighted by Gasteiger charge is 2.12. The first-order chi connectivity index (χ1) is 7.75. The highest BCUT2D eigenvalue weighted by atomic mass is 16.3. The van der Waals surface area contributed by atoms with Gasteiger partial charge in [-0.3, -0.25) is 9.88 Å². The van der Waals surface area contributed by atoms with Gasteiger partial charge in [0.2, 0.25) is 0 Å². The SMILES string of the molecule is Cc1ccc(O)c(CN2CCCNCC2)n1. The zero-order chi connectivity index (χ0) is 11.4. The monoisotopic (exact) mass is 221 g/mol. The number of aryl methyl sites for hydroxylation is 1. The van der Waals surface area contributed by atoms with Crippen LogP contribution in [0.4, 0.5) is 0 Å². The summed E-state index contributed by atoms with van der Waals surface area (Å²) in [5.41, 5.74) is 1.75. The molecular weight excluding hydrogens is 202 g/mol. The van der Waals surface area contributed by atoms with E-state index < -0.39 is 0 Å². The molecule has 4 heteroatoms. The Labute approximate surface area is 96.3 Å². The van der Waals surface area contributed by atoms with Crippen LogP contribution >= 0.6 is 0 Å². The number of hydrogen-bond donors (Lipinski definition) is 2. The molecule has 1 saturated heterocycles. The molecule has 1 aliphatic rings. The van der Waals surface area contributed by atoms with Crippen molar-refractivity contribution in [2.75, 3.05) is 26.2 Å². The number of nitrogens with one attached hydrogen (secondary N) is 1. The summed E-state index contributed by atoms with van der Waals surface area (Å²) in [5.74, 6) is 0.308. The Kier molecular flexibility index (Phi) is 3.74. The van der Waals surface area contributed by atoms with Crippen LogP contribution in [0, 0.1) is 6.92 Å². The Morgan fingerprint density at radius 3 is 3.12 bits per heavy atom. The molecule has 88 valence electrons. The Bertz CT molecular complexity index is 346. The molecule has 1 aromatic rings. The zero-order valence-corrected chi connectivity index (χ0v) is 9.74. The summed E-state index contributed by atoms with van der Waals surface area (Å²) in [5, 5.41) is 13.1. The molecule has 0 unspecified atom stereocenters. The van der Waals surface area contributed by atoms with E-state index in [1.165, 1.54) is 0 Å². The van der Waals surface area contributed by atoms with E-state index in [4.69, 9.17) is 0 Å². The normalized spacial score (nSPS) is 18.3. The summed E-state index contributed by atoms with van der Waals surface area (Å²) in [6, 6.07) is 3.57. The predicted molar refractivity (Wildman–Crippen MR) is 63.4 cm³/mol. The molecule has 0 saturated carbocycles. The molecule has 1 aromatic heterocycles. The summed E-state index contributed by atoms with van der Waals surface area (Å²) in [7, 11) is 0. The first kappa shape index (κ1) is 11.4. The summed E-state index contributed by atoms with van der Waals surface area (Å²) in [6.07, 6.45) is 1.16. The third-order valence-corrected chi connectivity index (χ3v) is 2.90. The fourth-order valence-electron chi connectivity index (χ4n) is 1.99. The van der Waals surface area contributed by atoms with E-state index in [9.17, 15) is 5.11 Å². The fourth-order valence-corrected chi connectivity index (χ4v) is 1.99. The average molecular weight is 221 g/mol. The van der Waals surface area contributed by atoms with Gasteiger partial charge in [0.25, 0.3) is 0 Å². The first-order valence-electron chi connectivity index (χ1n) is 5.84. The van der Waals surface area contributed by atoms with Crippen molar-refractivity contribution in [2.24, 2.45) is 0 Å². The van der Waals surface area contributed by atoms with Crippen molar-refractivity contribution in [1.29, 1.82) is 0 Å². The van der Waals surface area contributed by atoms with Crippen LogP contribution < -0.4 is 5.32 Å². The van der Waals surface area contributed by atoms with E-state index in [1.54, 1.807) is 6.07 Å². The van der Waals surface area contributed by atoms with Gasteiger partial charge in [0.05, 0.1) is 5.69 Å². The van der Waals surface area contributed by atoms with Crippen molar-refractivity contribution in [2.45, 2.75) is 19.9 Å². The molecule has 0 aromatic carbocycles. The van der Waals surface area contributed by atoms with Crippen LogP contribution in [0.5, 0.6) is 5.75 Å². The van der Waals surface area contributed by atoms with Crippen molar-refractivity contribution >= 4 is 0 Å². The average Bonchev–Trinajstić information content (AvgIpc) is 2.52. The maximum absolute atomic E-state index is 9.73. The third kappa shape index (κ3) is 2.93. The number of pyridine rings is 1. The largest absolute Gasteiger partial charge is 0.506 e. The van der Waals surface area contributed by atoms with Gasteiger partial charge in [0, 0.05) is 25.3 Å². The van der Waals surface area contributed by atoms with Crippen LogP contribution in [0.15, 0.2) is 12.1 Å². The van der Waals surface area contributed by atoms with Crippen LogP contribution in [-0.2, 0) is 6.54 Å². The lowest BCUT2D eigenvalue weighted by molar-refractivity contribution is 0.276. The number of aromatic nitrogens is 1. The van der Waals surface area contributed by atoms with Crippen molar-refractivity contribution in [3.63, 3.8) is 0 Å². The molecule has 16 heavy (non-hydrogen) atoms. The second kappa shape index (κ2) is 5.27. The maximum atomic E-state index is 9.73. The van der Waals surface area contributed by atoms with E-state index in [1.807, 2.05) is 13.0 Å². The van der Waals surface area contributed by atoms with Crippen molar-refractivity contribution < 1.29 is 5.11 Å². The molecule has 1 aliphatic heterocycles. The van der Waals surface area contributed by atoms with Crippen LogP contribution in [0.1, 0.15) is 17.8 Å². The lowest BCUT2D eigenvalue weighted by atomic mass is 10.2. The van der Waals surface area contributed by atoms with Gasteiger partial charge in [0.15, 0.2) is 0 Å². The van der Waals surface area contributed by atoms with Gasteiger partial charge in [-0.25, -0.2) is 0 Å². The highest BCUT2D eigenvalue weighted by molar-refractivity contribution is 5.27. The lowest BCUT2D eigenvalue weighted by Gasteiger charge is -2.19. The minimum absolute atomic E-state index is 0.308. The van der Waals surface area contributed by atoms with E-state index in [0.717, 1.165) is 50.5 Å². The Morgan fingerprint density at radius 2 is 2.25 bits per heavy atom. The minimum Gasteiger partial charge on any atom is -0.506 e. The van der Waals surface area contributed by atoms with Gasteiger partial charge in [-0.2, -0.15) is 0 Å². The van der Waals surface area contributed by atoms with Crippen molar-refractivity contribution in [1.82, 2.24) is 15.2 Å². The van der Waals surface area contributed by atoms with E-state index in [0.29, 0.717) is 5.75 Å². The molecule has 2 N–H and O–H groups in total. The molecular formula is C12H19N3O. The second-order valence-corrected chi connectivity index (χ2v) is 4.30. The summed E-state index contributed by atoms with van der Waals surface area (Å²) < 4.78 is 0. The van der Waals surface area contributed by atoms with Gasteiger partial charge in [-0.15, -0.1) is 0 Å². The van der Waals surface area contributed by atoms with Crippen LogP contribution in [0.25, 0.3) is 0 Å². The van der Waals surface area contributed by atoms with Crippen LogP contribution in [0.3, 0.4) is 0 Å². The Hall–Kier alpha value is -1.13. The van der Waals surface area contributed by atoms with E-state index in [-0.39, 0.29) is 0 Å². The molecule has 2 rings (SSSR count). The first-order valence-corrected chi connectivity index (χ1v) is 5.84. The third-order valence-electron chi connectivity index (χ3n) is 2.90. The highest BCUT2D eigenvalue weighted by Crippen LogP contribution is 2.16. The van der Waals surface area contributed by atoms with Gasteiger partial charge in [0.1, 0.15) is 5.75 Å². The zero-order valence-electron chi connectivity index (χ0n) is 9.74. The van der Waals surface area contributed by atoms with Gasteiger partial charge >= 0.3 is 0 Å². The van der Waals surface area contributed by atoms with Crippen molar-refractivity contribution in [3.05, 3.63) is 23.5 Å². The van der Waals surface area contributed by atoms with Gasteiger partial charge < -0.3 is 10.4 Å². The second-order valence-electron chi connectivity index (χ2n) is 4.30. The van der Waals surface area contributed by atoms with Crippen molar-refractivity contribution in [3.8, 4) is 5.75 Å². The maximum Gasteiger partial charge on any atom is 0.138 e. The molecule has 4 nitrogen and oxygen atoms in total. The summed E-state index contributed by atoms with van der Waals surface area (Å²) in [6.45, 7) is 6.90. The van der Waals surface area contributed by atoms with Crippen LogP contribution in [-0.4, -0.2) is 41.2 Å². The molecule has 0 atom stereocenters. The number of nitrogens with zero attached hydrogens (tertiary/aromatic N) is 2. The Balaban J connectivity index is 2.04. The molecule has 0 bridgehead atoms. The molecule has 0 amide bonds. The van der Waals surface area contributed by atoms with Gasteiger partial charge in [-0.05, 0) is 38.6 Å². The molecule has 0 aliphatic carbocycles. The predicted octanol–water partition coefficient (Wildman–Crippen LogP) is 0.891. The summed E-state index contributed by atoms with van der Waals surface area (Å²) >= 11 is 0. The smallest absolute Gasteiger partial charge is 0.138 e. The van der Waals surface area contributed by atoms with E-state index in [2.05, 4.69) is 15.2 Å².